The number of anilines is 1. The summed E-state index contributed by atoms with van der Waals surface area (Å²) in [5.41, 5.74) is 2.99. The van der Waals surface area contributed by atoms with Crippen molar-refractivity contribution in [3.05, 3.63) is 90.4 Å². The third-order valence-corrected chi connectivity index (χ3v) is 4.47. The third-order valence-electron chi connectivity index (χ3n) is 4.47. The maximum absolute atomic E-state index is 10.9. The lowest BCUT2D eigenvalue weighted by molar-refractivity contribution is 0.415. The summed E-state index contributed by atoms with van der Waals surface area (Å²) in [7, 11) is 1.64. The Balaban J connectivity index is 1.79. The van der Waals surface area contributed by atoms with Crippen LogP contribution in [0.15, 0.2) is 79.1 Å². The van der Waals surface area contributed by atoms with Crippen LogP contribution in [0.25, 0.3) is 10.9 Å². The second-order valence-corrected chi connectivity index (χ2v) is 6.14. The van der Waals surface area contributed by atoms with Gasteiger partial charge in [0.15, 0.2) is 0 Å². The maximum atomic E-state index is 10.9. The predicted molar refractivity (Wildman–Crippen MR) is 106 cm³/mol. The quantitative estimate of drug-likeness (QED) is 0.549. The first kappa shape index (κ1) is 16.8. The van der Waals surface area contributed by atoms with Gasteiger partial charge in [-0.2, -0.15) is 0 Å². The van der Waals surface area contributed by atoms with E-state index in [1.54, 1.807) is 19.5 Å². The standard InChI is InChI=1S/C22H19N3O2/c1-27-17-10-8-16(9-11-17)25-21(19-6-2-3-13-23-19)18-12-7-15-5-4-14-24-20(15)22(18)26/h2-14,21,25-26H,1H3. The number of phenols is 1. The van der Waals surface area contributed by atoms with Crippen molar-refractivity contribution >= 4 is 16.6 Å². The molecule has 4 aromatic rings. The number of hydrogen-bond acceptors (Lipinski definition) is 5. The lowest BCUT2D eigenvalue weighted by atomic mass is 9.99. The van der Waals surface area contributed by atoms with E-state index in [2.05, 4.69) is 15.3 Å². The average molecular weight is 357 g/mol. The fraction of sp³-hybridized carbons (Fsp3) is 0.0909. The Hall–Kier alpha value is -3.60. The summed E-state index contributed by atoms with van der Waals surface area (Å²) in [6, 6.07) is 20.7. The zero-order valence-corrected chi connectivity index (χ0v) is 14.8. The molecule has 2 aromatic heterocycles. The second kappa shape index (κ2) is 7.33. The van der Waals surface area contributed by atoms with Crippen LogP contribution >= 0.6 is 0 Å². The number of phenolic OH excluding ortho intramolecular Hbond substituents is 1. The largest absolute Gasteiger partial charge is 0.505 e. The molecule has 0 fully saturated rings. The van der Waals surface area contributed by atoms with Gasteiger partial charge in [0.2, 0.25) is 0 Å². The van der Waals surface area contributed by atoms with Crippen LogP contribution in [-0.2, 0) is 0 Å². The normalized spacial score (nSPS) is 11.9. The second-order valence-electron chi connectivity index (χ2n) is 6.14. The summed E-state index contributed by atoms with van der Waals surface area (Å²) in [4.78, 5) is 8.82. The molecule has 2 aromatic carbocycles. The highest BCUT2D eigenvalue weighted by Crippen LogP contribution is 2.35. The lowest BCUT2D eigenvalue weighted by Gasteiger charge is -2.21. The van der Waals surface area contributed by atoms with E-state index in [1.165, 1.54) is 0 Å². The summed E-state index contributed by atoms with van der Waals surface area (Å²) in [5, 5.41) is 15.2. The molecule has 4 rings (SSSR count). The Morgan fingerprint density at radius 1 is 0.889 bits per heavy atom. The number of pyridine rings is 2. The van der Waals surface area contributed by atoms with Crippen LogP contribution in [-0.4, -0.2) is 22.2 Å². The molecule has 134 valence electrons. The SMILES string of the molecule is COc1ccc(NC(c2ccccn2)c2ccc3cccnc3c2O)cc1. The molecule has 5 heteroatoms. The number of benzene rings is 2. The summed E-state index contributed by atoms with van der Waals surface area (Å²) in [5.74, 6) is 0.942. The van der Waals surface area contributed by atoms with Crippen molar-refractivity contribution in [2.24, 2.45) is 0 Å². The van der Waals surface area contributed by atoms with Crippen molar-refractivity contribution < 1.29 is 9.84 Å². The Morgan fingerprint density at radius 2 is 1.70 bits per heavy atom. The molecular formula is C22H19N3O2. The van der Waals surface area contributed by atoms with Gasteiger partial charge in [-0.1, -0.05) is 24.3 Å². The Morgan fingerprint density at radius 3 is 2.44 bits per heavy atom. The number of ether oxygens (including phenoxy) is 1. The van der Waals surface area contributed by atoms with Crippen molar-refractivity contribution in [3.63, 3.8) is 0 Å². The van der Waals surface area contributed by atoms with E-state index in [0.29, 0.717) is 5.52 Å². The first-order chi connectivity index (χ1) is 13.3. The number of hydrogen-bond donors (Lipinski definition) is 2. The Labute approximate surface area is 157 Å². The minimum atomic E-state index is -0.328. The Kier molecular flexibility index (Phi) is 4.58. The van der Waals surface area contributed by atoms with Crippen LogP contribution in [0, 0.1) is 0 Å². The number of methoxy groups -OCH3 is 1. The highest BCUT2D eigenvalue weighted by Gasteiger charge is 2.21. The van der Waals surface area contributed by atoms with E-state index < -0.39 is 0 Å². The summed E-state index contributed by atoms with van der Waals surface area (Å²) >= 11 is 0. The van der Waals surface area contributed by atoms with Gasteiger partial charge in [-0.3, -0.25) is 9.97 Å². The summed E-state index contributed by atoms with van der Waals surface area (Å²) < 4.78 is 5.22. The van der Waals surface area contributed by atoms with Gasteiger partial charge in [0.1, 0.15) is 17.0 Å². The molecule has 0 bridgehead atoms. The average Bonchev–Trinajstić information content (AvgIpc) is 2.74. The van der Waals surface area contributed by atoms with Crippen LogP contribution in [0.4, 0.5) is 5.69 Å². The van der Waals surface area contributed by atoms with Gasteiger partial charge >= 0.3 is 0 Å². The number of nitrogens with zero attached hydrogens (tertiary/aromatic N) is 2. The van der Waals surface area contributed by atoms with E-state index in [0.717, 1.165) is 28.1 Å². The predicted octanol–water partition coefficient (Wildman–Crippen LogP) is 4.55. The molecule has 2 heterocycles. The van der Waals surface area contributed by atoms with Gasteiger partial charge in [0, 0.05) is 29.0 Å². The molecule has 2 N–H and O–H groups in total. The fourth-order valence-electron chi connectivity index (χ4n) is 3.09. The van der Waals surface area contributed by atoms with Crippen LogP contribution in [0.2, 0.25) is 0 Å². The zero-order valence-electron chi connectivity index (χ0n) is 14.8. The molecule has 0 saturated heterocycles. The molecule has 1 atom stereocenters. The van der Waals surface area contributed by atoms with Crippen LogP contribution in [0.1, 0.15) is 17.3 Å². The fourth-order valence-corrected chi connectivity index (χ4v) is 3.09. The first-order valence-electron chi connectivity index (χ1n) is 8.64. The van der Waals surface area contributed by atoms with Gasteiger partial charge in [0.05, 0.1) is 18.8 Å². The molecule has 0 aliphatic rings. The molecule has 0 amide bonds. The minimum absolute atomic E-state index is 0.157. The molecule has 0 saturated carbocycles. The molecule has 5 nitrogen and oxygen atoms in total. The smallest absolute Gasteiger partial charge is 0.147 e. The third kappa shape index (κ3) is 3.40. The van der Waals surface area contributed by atoms with Gasteiger partial charge in [-0.25, -0.2) is 0 Å². The molecule has 0 spiro atoms. The van der Waals surface area contributed by atoms with Gasteiger partial charge < -0.3 is 15.2 Å². The van der Waals surface area contributed by atoms with Gasteiger partial charge in [0.25, 0.3) is 0 Å². The highest BCUT2D eigenvalue weighted by molar-refractivity contribution is 5.85. The van der Waals surface area contributed by atoms with Crippen LogP contribution < -0.4 is 10.1 Å². The van der Waals surface area contributed by atoms with Crippen molar-refractivity contribution in [3.8, 4) is 11.5 Å². The van der Waals surface area contributed by atoms with Crippen molar-refractivity contribution in [2.45, 2.75) is 6.04 Å². The molecular weight excluding hydrogens is 338 g/mol. The van der Waals surface area contributed by atoms with Gasteiger partial charge in [-0.15, -0.1) is 0 Å². The van der Waals surface area contributed by atoms with E-state index in [9.17, 15) is 5.11 Å². The maximum Gasteiger partial charge on any atom is 0.147 e. The lowest BCUT2D eigenvalue weighted by Crippen LogP contribution is -2.14. The van der Waals surface area contributed by atoms with Crippen molar-refractivity contribution in [1.82, 2.24) is 9.97 Å². The van der Waals surface area contributed by atoms with E-state index in [-0.39, 0.29) is 11.8 Å². The monoisotopic (exact) mass is 357 g/mol. The molecule has 0 aliphatic heterocycles. The van der Waals surface area contributed by atoms with Crippen molar-refractivity contribution in [1.29, 1.82) is 0 Å². The minimum Gasteiger partial charge on any atom is -0.505 e. The topological polar surface area (TPSA) is 67.3 Å². The van der Waals surface area contributed by atoms with E-state index in [4.69, 9.17) is 4.74 Å². The van der Waals surface area contributed by atoms with E-state index >= 15 is 0 Å². The Bertz CT molecular complexity index is 1050. The van der Waals surface area contributed by atoms with Crippen LogP contribution in [0.5, 0.6) is 11.5 Å². The number of rotatable bonds is 5. The van der Waals surface area contributed by atoms with Gasteiger partial charge in [-0.05, 0) is 42.5 Å². The summed E-state index contributed by atoms with van der Waals surface area (Å²) in [6.07, 6.45) is 3.42. The number of nitrogens with one attached hydrogen (secondary N) is 1. The number of aromatic hydroxyl groups is 1. The molecule has 0 radical (unpaired) electrons. The first-order valence-corrected chi connectivity index (χ1v) is 8.64. The summed E-state index contributed by atoms with van der Waals surface area (Å²) in [6.45, 7) is 0. The number of fused-ring (bicyclic) bond motifs is 1. The van der Waals surface area contributed by atoms with E-state index in [1.807, 2.05) is 66.7 Å². The molecule has 0 aliphatic carbocycles. The molecule has 27 heavy (non-hydrogen) atoms. The van der Waals surface area contributed by atoms with Crippen LogP contribution in [0.3, 0.4) is 0 Å². The number of aromatic nitrogens is 2. The van der Waals surface area contributed by atoms with Crippen molar-refractivity contribution in [2.75, 3.05) is 12.4 Å². The molecule has 1 unspecified atom stereocenters. The highest BCUT2D eigenvalue weighted by atomic mass is 16.5. The zero-order chi connectivity index (χ0) is 18.6.